The van der Waals surface area contributed by atoms with Crippen molar-refractivity contribution in [2.45, 2.75) is 32.6 Å². The lowest BCUT2D eigenvalue weighted by Crippen LogP contribution is -2.04. The van der Waals surface area contributed by atoms with Gasteiger partial charge in [0.1, 0.15) is 0 Å². The van der Waals surface area contributed by atoms with E-state index >= 15 is 0 Å². The Hall–Kier alpha value is -0.860. The van der Waals surface area contributed by atoms with Crippen LogP contribution in [0.1, 0.15) is 34.0 Å². The number of rotatable bonds is 5. The van der Waals surface area contributed by atoms with Crippen molar-refractivity contribution in [1.29, 1.82) is 0 Å². The predicted octanol–water partition coefficient (Wildman–Crippen LogP) is 4.72. The molecular weight excluding hydrogens is 262 g/mol. The maximum Gasteiger partial charge on any atom is 0.0797 e. The van der Waals surface area contributed by atoms with E-state index in [0.29, 0.717) is 11.8 Å². The molecule has 1 aromatic heterocycles. The molecule has 0 N–H and O–H groups in total. The van der Waals surface area contributed by atoms with Crippen molar-refractivity contribution in [3.8, 4) is 0 Å². The number of alkyl halides is 1. The van der Waals surface area contributed by atoms with Gasteiger partial charge in [0.2, 0.25) is 0 Å². The fourth-order valence-corrected chi connectivity index (χ4v) is 3.35. The number of hydrogen-bond donors (Lipinski definition) is 0. The summed E-state index contributed by atoms with van der Waals surface area (Å²) >= 11 is 7.89. The third kappa shape index (κ3) is 3.12. The first-order valence-electron chi connectivity index (χ1n) is 6.22. The second-order valence-corrected chi connectivity index (χ2v) is 5.86. The summed E-state index contributed by atoms with van der Waals surface area (Å²) in [6.07, 6.45) is 2.17. The topological polar surface area (TPSA) is 12.9 Å². The molecule has 0 bridgehead atoms. The Balaban J connectivity index is 2.07. The summed E-state index contributed by atoms with van der Waals surface area (Å²) in [6, 6.07) is 8.53. The Morgan fingerprint density at radius 1 is 1.28 bits per heavy atom. The van der Waals surface area contributed by atoms with Gasteiger partial charge < -0.3 is 0 Å². The minimum Gasteiger partial charge on any atom is -0.250 e. The van der Waals surface area contributed by atoms with E-state index in [1.165, 1.54) is 16.0 Å². The van der Waals surface area contributed by atoms with E-state index in [1.807, 2.05) is 5.51 Å². The van der Waals surface area contributed by atoms with Gasteiger partial charge in [-0.25, -0.2) is 4.98 Å². The van der Waals surface area contributed by atoms with Gasteiger partial charge in [-0.2, -0.15) is 0 Å². The number of thiazole rings is 1. The maximum absolute atomic E-state index is 6.14. The summed E-state index contributed by atoms with van der Waals surface area (Å²) in [7, 11) is 0. The first kappa shape index (κ1) is 13.6. The number of aryl methyl sites for hydroxylation is 3. The molecular formula is C15H18ClNS. The zero-order valence-corrected chi connectivity index (χ0v) is 12.4. The van der Waals surface area contributed by atoms with Crippen LogP contribution < -0.4 is 0 Å². The molecule has 1 nitrogen and oxygen atoms in total. The molecule has 0 saturated carbocycles. The summed E-state index contributed by atoms with van der Waals surface area (Å²) in [6.45, 7) is 4.24. The van der Waals surface area contributed by atoms with Crippen molar-refractivity contribution >= 4 is 22.9 Å². The first-order chi connectivity index (χ1) is 8.72. The van der Waals surface area contributed by atoms with E-state index in [-0.39, 0.29) is 0 Å². The molecule has 0 aliphatic heterocycles. The summed E-state index contributed by atoms with van der Waals surface area (Å²) in [5.74, 6) is 1.12. The third-order valence-electron chi connectivity index (χ3n) is 3.38. The molecule has 0 radical (unpaired) electrons. The van der Waals surface area contributed by atoms with Gasteiger partial charge >= 0.3 is 0 Å². The Labute approximate surface area is 118 Å². The van der Waals surface area contributed by atoms with Crippen LogP contribution in [-0.2, 0) is 6.42 Å². The highest BCUT2D eigenvalue weighted by molar-refractivity contribution is 7.09. The number of halogens is 1. The molecule has 1 aromatic carbocycles. The maximum atomic E-state index is 6.14. The number of hydrogen-bond acceptors (Lipinski definition) is 2. The highest BCUT2D eigenvalue weighted by atomic mass is 35.5. The lowest BCUT2D eigenvalue weighted by Gasteiger charge is -2.16. The SMILES string of the molecule is Cc1ccccc1C(CCl)CCc1scnc1C. The van der Waals surface area contributed by atoms with Crippen molar-refractivity contribution in [2.24, 2.45) is 0 Å². The standard InChI is InChI=1S/C15H18ClNS/c1-11-5-3-4-6-14(11)13(9-16)7-8-15-12(2)17-10-18-15/h3-6,10,13H,7-9H2,1-2H3. The van der Waals surface area contributed by atoms with Crippen LogP contribution in [0.4, 0.5) is 0 Å². The highest BCUT2D eigenvalue weighted by Gasteiger charge is 2.13. The number of nitrogens with zero attached hydrogens (tertiary/aromatic N) is 1. The first-order valence-corrected chi connectivity index (χ1v) is 7.64. The van der Waals surface area contributed by atoms with Crippen molar-refractivity contribution in [3.05, 3.63) is 51.5 Å². The van der Waals surface area contributed by atoms with Crippen LogP contribution in [0.25, 0.3) is 0 Å². The fourth-order valence-electron chi connectivity index (χ4n) is 2.23. The molecule has 3 heteroatoms. The van der Waals surface area contributed by atoms with E-state index in [2.05, 4.69) is 43.1 Å². The second kappa shape index (κ2) is 6.35. The van der Waals surface area contributed by atoms with Gasteiger partial charge in [0, 0.05) is 10.8 Å². The van der Waals surface area contributed by atoms with Crippen LogP contribution in [0.2, 0.25) is 0 Å². The van der Waals surface area contributed by atoms with Gasteiger partial charge in [-0.15, -0.1) is 22.9 Å². The lowest BCUT2D eigenvalue weighted by molar-refractivity contribution is 0.684. The van der Waals surface area contributed by atoms with Crippen LogP contribution in [0, 0.1) is 13.8 Å². The molecule has 2 aromatic rings. The quantitative estimate of drug-likeness (QED) is 0.722. The zero-order chi connectivity index (χ0) is 13.0. The highest BCUT2D eigenvalue weighted by Crippen LogP contribution is 2.27. The van der Waals surface area contributed by atoms with Crippen molar-refractivity contribution in [1.82, 2.24) is 4.98 Å². The normalized spacial score (nSPS) is 12.6. The molecule has 0 amide bonds. The number of benzene rings is 1. The van der Waals surface area contributed by atoms with Crippen LogP contribution in [0.5, 0.6) is 0 Å². The minimum atomic E-state index is 0.439. The van der Waals surface area contributed by atoms with E-state index in [9.17, 15) is 0 Å². The van der Waals surface area contributed by atoms with Gasteiger partial charge in [-0.05, 0) is 43.7 Å². The van der Waals surface area contributed by atoms with Gasteiger partial charge in [0.25, 0.3) is 0 Å². The molecule has 18 heavy (non-hydrogen) atoms. The van der Waals surface area contributed by atoms with Gasteiger partial charge in [0.05, 0.1) is 11.2 Å². The van der Waals surface area contributed by atoms with E-state index < -0.39 is 0 Å². The fraction of sp³-hybridized carbons (Fsp3) is 0.400. The molecule has 1 heterocycles. The minimum absolute atomic E-state index is 0.439. The monoisotopic (exact) mass is 279 g/mol. The second-order valence-electron chi connectivity index (χ2n) is 4.61. The molecule has 1 unspecified atom stereocenters. The largest absolute Gasteiger partial charge is 0.250 e. The van der Waals surface area contributed by atoms with Crippen molar-refractivity contribution in [2.75, 3.05) is 5.88 Å². The van der Waals surface area contributed by atoms with Crippen LogP contribution >= 0.6 is 22.9 Å². The third-order valence-corrected chi connectivity index (χ3v) is 4.75. The van der Waals surface area contributed by atoms with Gasteiger partial charge in [-0.1, -0.05) is 24.3 Å². The summed E-state index contributed by atoms with van der Waals surface area (Å²) in [4.78, 5) is 5.68. The Kier molecular flexibility index (Phi) is 4.79. The summed E-state index contributed by atoms with van der Waals surface area (Å²) in [5.41, 5.74) is 5.81. The molecule has 96 valence electrons. The molecule has 0 fully saturated rings. The molecule has 0 spiro atoms. The number of aromatic nitrogens is 1. The predicted molar refractivity (Wildman–Crippen MR) is 79.8 cm³/mol. The summed E-state index contributed by atoms with van der Waals surface area (Å²) < 4.78 is 0. The van der Waals surface area contributed by atoms with Crippen LogP contribution in [0.3, 0.4) is 0 Å². The molecule has 2 rings (SSSR count). The van der Waals surface area contributed by atoms with E-state index in [4.69, 9.17) is 11.6 Å². The summed E-state index contributed by atoms with van der Waals surface area (Å²) in [5, 5.41) is 0. The average molecular weight is 280 g/mol. The lowest BCUT2D eigenvalue weighted by atomic mass is 9.92. The smallest absolute Gasteiger partial charge is 0.0797 e. The van der Waals surface area contributed by atoms with Crippen LogP contribution in [-0.4, -0.2) is 10.9 Å². The molecule has 0 saturated heterocycles. The Morgan fingerprint density at radius 2 is 2.06 bits per heavy atom. The molecule has 0 aliphatic rings. The van der Waals surface area contributed by atoms with Crippen molar-refractivity contribution in [3.63, 3.8) is 0 Å². The average Bonchev–Trinajstić information content (AvgIpc) is 2.78. The Morgan fingerprint density at radius 3 is 2.67 bits per heavy atom. The molecule has 0 aliphatic carbocycles. The van der Waals surface area contributed by atoms with Gasteiger partial charge in [-0.3, -0.25) is 0 Å². The van der Waals surface area contributed by atoms with Crippen molar-refractivity contribution < 1.29 is 0 Å². The van der Waals surface area contributed by atoms with E-state index in [1.54, 1.807) is 11.3 Å². The molecule has 1 atom stereocenters. The van der Waals surface area contributed by atoms with E-state index in [0.717, 1.165) is 18.5 Å². The zero-order valence-electron chi connectivity index (χ0n) is 10.8. The van der Waals surface area contributed by atoms with Crippen LogP contribution in [0.15, 0.2) is 29.8 Å². The Bertz CT molecular complexity index is 507. The van der Waals surface area contributed by atoms with Gasteiger partial charge in [0.15, 0.2) is 0 Å².